The van der Waals surface area contributed by atoms with Gasteiger partial charge in [-0.15, -0.1) is 0 Å². The summed E-state index contributed by atoms with van der Waals surface area (Å²) in [5.74, 6) is 0.00576. The van der Waals surface area contributed by atoms with Gasteiger partial charge in [0.2, 0.25) is 5.91 Å². The normalized spacial score (nSPS) is 15.1. The highest BCUT2D eigenvalue weighted by Crippen LogP contribution is 2.14. The van der Waals surface area contributed by atoms with E-state index < -0.39 is 0 Å². The van der Waals surface area contributed by atoms with Crippen LogP contribution >= 0.6 is 11.6 Å². The lowest BCUT2D eigenvalue weighted by Crippen LogP contribution is -2.40. The minimum absolute atomic E-state index is 0.00615. The van der Waals surface area contributed by atoms with Gasteiger partial charge < -0.3 is 10.2 Å². The molecule has 6 heteroatoms. The first kappa shape index (κ1) is 20.4. The Morgan fingerprint density at radius 1 is 1.04 bits per heavy atom. The van der Waals surface area contributed by atoms with Crippen LogP contribution < -0.4 is 5.32 Å². The van der Waals surface area contributed by atoms with Gasteiger partial charge in [-0.2, -0.15) is 0 Å². The number of aryl methyl sites for hydroxylation is 1. The summed E-state index contributed by atoms with van der Waals surface area (Å²) in [6.07, 6.45) is 0.845. The number of hydrogen-bond donors (Lipinski definition) is 1. The van der Waals surface area contributed by atoms with Gasteiger partial charge in [0.25, 0.3) is 5.91 Å². The van der Waals surface area contributed by atoms with Gasteiger partial charge in [0.15, 0.2) is 0 Å². The van der Waals surface area contributed by atoms with Gasteiger partial charge in [-0.1, -0.05) is 41.9 Å². The molecule has 0 atom stereocenters. The zero-order valence-electron chi connectivity index (χ0n) is 16.2. The van der Waals surface area contributed by atoms with E-state index in [2.05, 4.69) is 10.2 Å². The molecule has 0 unspecified atom stereocenters. The number of nitrogens with one attached hydrogen (secondary N) is 1. The number of carbonyl (C=O) groups excluding carboxylic acids is 2. The van der Waals surface area contributed by atoms with Gasteiger partial charge in [-0.3, -0.25) is 14.5 Å². The monoisotopic (exact) mass is 399 g/mol. The molecule has 1 heterocycles. The van der Waals surface area contributed by atoms with Crippen molar-refractivity contribution in [3.63, 3.8) is 0 Å². The van der Waals surface area contributed by atoms with Crippen LogP contribution in [0.15, 0.2) is 48.5 Å². The molecule has 1 N–H and O–H groups in total. The van der Waals surface area contributed by atoms with Crippen LogP contribution in [0.2, 0.25) is 5.02 Å². The van der Waals surface area contributed by atoms with Crippen molar-refractivity contribution in [3.05, 3.63) is 70.2 Å². The summed E-state index contributed by atoms with van der Waals surface area (Å²) < 4.78 is 0. The first-order valence-electron chi connectivity index (χ1n) is 9.61. The Morgan fingerprint density at radius 2 is 1.86 bits per heavy atom. The van der Waals surface area contributed by atoms with Gasteiger partial charge in [0.05, 0.1) is 6.54 Å². The molecule has 0 radical (unpaired) electrons. The smallest absolute Gasteiger partial charge is 0.253 e. The summed E-state index contributed by atoms with van der Waals surface area (Å²) in [6.45, 7) is 5.72. The molecule has 28 heavy (non-hydrogen) atoms. The molecule has 1 aliphatic rings. The predicted molar refractivity (Wildman–Crippen MR) is 111 cm³/mol. The molecule has 0 spiro atoms. The minimum Gasteiger partial charge on any atom is -0.351 e. The van der Waals surface area contributed by atoms with Crippen molar-refractivity contribution < 1.29 is 9.59 Å². The van der Waals surface area contributed by atoms with E-state index in [9.17, 15) is 9.59 Å². The molecule has 148 valence electrons. The predicted octanol–water partition coefficient (Wildman–Crippen LogP) is 3.11. The maximum Gasteiger partial charge on any atom is 0.253 e. The third-order valence-electron chi connectivity index (χ3n) is 5.05. The summed E-state index contributed by atoms with van der Waals surface area (Å²) >= 11 is 6.00. The van der Waals surface area contributed by atoms with E-state index in [1.54, 1.807) is 24.3 Å². The van der Waals surface area contributed by atoms with E-state index in [1.807, 2.05) is 36.1 Å². The Hall–Kier alpha value is -2.37. The Morgan fingerprint density at radius 3 is 2.64 bits per heavy atom. The summed E-state index contributed by atoms with van der Waals surface area (Å²) in [6, 6.07) is 15.1. The highest BCUT2D eigenvalue weighted by Gasteiger charge is 2.21. The second-order valence-corrected chi connectivity index (χ2v) is 7.57. The van der Waals surface area contributed by atoms with Crippen LogP contribution in [-0.4, -0.2) is 54.3 Å². The Balaban J connectivity index is 1.49. The molecule has 1 saturated heterocycles. The fourth-order valence-corrected chi connectivity index (χ4v) is 3.59. The van der Waals surface area contributed by atoms with E-state index in [-0.39, 0.29) is 11.8 Å². The van der Waals surface area contributed by atoms with Gasteiger partial charge in [-0.05, 0) is 42.7 Å². The van der Waals surface area contributed by atoms with Crippen molar-refractivity contribution in [1.29, 1.82) is 0 Å². The first-order valence-corrected chi connectivity index (χ1v) is 9.99. The third-order valence-corrected chi connectivity index (χ3v) is 5.29. The lowest BCUT2D eigenvalue weighted by atomic mass is 10.1. The number of nitrogens with zero attached hydrogens (tertiary/aromatic N) is 2. The lowest BCUT2D eigenvalue weighted by Gasteiger charge is -2.22. The second-order valence-electron chi connectivity index (χ2n) is 7.14. The van der Waals surface area contributed by atoms with Crippen molar-refractivity contribution in [2.75, 3.05) is 32.7 Å². The molecule has 3 rings (SSSR count). The molecule has 5 nitrogen and oxygen atoms in total. The zero-order chi connectivity index (χ0) is 19.9. The van der Waals surface area contributed by atoms with Crippen LogP contribution in [0.1, 0.15) is 27.9 Å². The summed E-state index contributed by atoms with van der Waals surface area (Å²) in [4.78, 5) is 29.0. The quantitative estimate of drug-likeness (QED) is 0.840. The topological polar surface area (TPSA) is 52.7 Å². The SMILES string of the molecule is Cc1ccccc1CNC(=O)CN1CCCN(C(=O)c2cccc(Cl)c2)CC1. The van der Waals surface area contributed by atoms with E-state index in [0.717, 1.165) is 18.5 Å². The molecular formula is C22H26ClN3O2. The van der Waals surface area contributed by atoms with E-state index >= 15 is 0 Å². The Labute approximate surface area is 171 Å². The Bertz CT molecular complexity index is 840. The highest BCUT2D eigenvalue weighted by molar-refractivity contribution is 6.30. The van der Waals surface area contributed by atoms with Gasteiger partial charge >= 0.3 is 0 Å². The molecule has 0 aromatic heterocycles. The summed E-state index contributed by atoms with van der Waals surface area (Å²) in [5, 5.41) is 3.56. The summed E-state index contributed by atoms with van der Waals surface area (Å²) in [7, 11) is 0. The van der Waals surface area contributed by atoms with Crippen LogP contribution in [0, 0.1) is 6.92 Å². The number of hydrogen-bond acceptors (Lipinski definition) is 3. The molecule has 1 fully saturated rings. The zero-order valence-corrected chi connectivity index (χ0v) is 16.9. The van der Waals surface area contributed by atoms with Crippen LogP contribution in [0.25, 0.3) is 0 Å². The Kier molecular flexibility index (Phi) is 7.06. The van der Waals surface area contributed by atoms with E-state index in [0.29, 0.717) is 43.3 Å². The van der Waals surface area contributed by atoms with Crippen molar-refractivity contribution in [3.8, 4) is 0 Å². The first-order chi connectivity index (χ1) is 13.5. The van der Waals surface area contributed by atoms with E-state index in [1.165, 1.54) is 5.56 Å². The second kappa shape index (κ2) is 9.71. The van der Waals surface area contributed by atoms with Gasteiger partial charge in [-0.25, -0.2) is 0 Å². The number of rotatable bonds is 5. The third kappa shape index (κ3) is 5.57. The van der Waals surface area contributed by atoms with Crippen LogP contribution in [0.3, 0.4) is 0 Å². The highest BCUT2D eigenvalue weighted by atomic mass is 35.5. The van der Waals surface area contributed by atoms with Gasteiger partial charge in [0, 0.05) is 43.3 Å². The van der Waals surface area contributed by atoms with E-state index in [4.69, 9.17) is 11.6 Å². The van der Waals surface area contributed by atoms with Crippen LogP contribution in [0.5, 0.6) is 0 Å². The lowest BCUT2D eigenvalue weighted by molar-refractivity contribution is -0.122. The number of benzene rings is 2. The molecule has 2 aromatic rings. The molecule has 1 aliphatic heterocycles. The molecule has 2 amide bonds. The molecule has 0 saturated carbocycles. The van der Waals surface area contributed by atoms with Crippen LogP contribution in [0.4, 0.5) is 0 Å². The van der Waals surface area contributed by atoms with Crippen molar-refractivity contribution in [2.24, 2.45) is 0 Å². The maximum absolute atomic E-state index is 12.7. The average molecular weight is 400 g/mol. The fraction of sp³-hybridized carbons (Fsp3) is 0.364. The molecular weight excluding hydrogens is 374 g/mol. The largest absolute Gasteiger partial charge is 0.351 e. The number of halogens is 1. The summed E-state index contributed by atoms with van der Waals surface area (Å²) in [5.41, 5.74) is 2.91. The van der Waals surface area contributed by atoms with Crippen molar-refractivity contribution in [2.45, 2.75) is 19.9 Å². The molecule has 0 aliphatic carbocycles. The molecule has 0 bridgehead atoms. The number of amides is 2. The fourth-order valence-electron chi connectivity index (χ4n) is 3.40. The average Bonchev–Trinajstić information content (AvgIpc) is 2.92. The van der Waals surface area contributed by atoms with Gasteiger partial charge in [0.1, 0.15) is 0 Å². The number of carbonyl (C=O) groups is 2. The minimum atomic E-state index is -0.00615. The van der Waals surface area contributed by atoms with Crippen molar-refractivity contribution in [1.82, 2.24) is 15.1 Å². The maximum atomic E-state index is 12.7. The molecule has 2 aromatic carbocycles. The van der Waals surface area contributed by atoms with Crippen LogP contribution in [-0.2, 0) is 11.3 Å². The van der Waals surface area contributed by atoms with Crippen molar-refractivity contribution >= 4 is 23.4 Å². The standard InChI is InChI=1S/C22H26ClN3O2/c1-17-6-2-3-7-19(17)15-24-21(27)16-25-10-5-11-26(13-12-25)22(28)18-8-4-9-20(23)14-18/h2-4,6-9,14H,5,10-13,15-16H2,1H3,(H,24,27).